The molecule has 0 radical (unpaired) electrons. The molecule has 0 fully saturated rings. The first kappa shape index (κ1) is 12.4. The number of phenols is 2. The Balaban J connectivity index is 2.48. The molecule has 4 N–H and O–H groups in total. The molecule has 0 bridgehead atoms. The maximum atomic E-state index is 9.49. The van der Waals surface area contributed by atoms with Crippen molar-refractivity contribution in [3.05, 3.63) is 47.5 Å². The van der Waals surface area contributed by atoms with Gasteiger partial charge in [-0.05, 0) is 35.4 Å². The molecule has 0 saturated carbocycles. The van der Waals surface area contributed by atoms with Crippen molar-refractivity contribution in [1.29, 1.82) is 0 Å². The second kappa shape index (κ2) is 5.08. The van der Waals surface area contributed by atoms with E-state index in [0.29, 0.717) is 11.1 Å². The fourth-order valence-corrected chi connectivity index (χ4v) is 1.78. The van der Waals surface area contributed by atoms with Crippen LogP contribution in [0.4, 0.5) is 0 Å². The molecule has 0 heterocycles. The Morgan fingerprint density at radius 1 is 0.667 bits per heavy atom. The van der Waals surface area contributed by atoms with Crippen LogP contribution in [0.1, 0.15) is 11.1 Å². The highest BCUT2D eigenvalue weighted by Crippen LogP contribution is 2.29. The highest BCUT2D eigenvalue weighted by molar-refractivity contribution is 5.67. The first-order valence-electron chi connectivity index (χ1n) is 5.51. The van der Waals surface area contributed by atoms with Gasteiger partial charge in [-0.15, -0.1) is 0 Å². The lowest BCUT2D eigenvalue weighted by Gasteiger charge is -2.08. The molecule has 4 heteroatoms. The average molecular weight is 246 g/mol. The molecule has 4 nitrogen and oxygen atoms in total. The van der Waals surface area contributed by atoms with E-state index in [1.54, 1.807) is 24.3 Å². The fraction of sp³-hybridized carbons (Fsp3) is 0.143. The summed E-state index contributed by atoms with van der Waals surface area (Å²) in [5.74, 6) is 0.0878. The lowest BCUT2D eigenvalue weighted by molar-refractivity contribution is 0.275. The predicted octanol–water partition coefficient (Wildman–Crippen LogP) is 1.75. The van der Waals surface area contributed by atoms with Crippen molar-refractivity contribution in [3.8, 4) is 22.6 Å². The van der Waals surface area contributed by atoms with Gasteiger partial charge in [0.05, 0.1) is 13.2 Å². The van der Waals surface area contributed by atoms with E-state index < -0.39 is 0 Å². The number of aliphatic hydroxyl groups is 2. The summed E-state index contributed by atoms with van der Waals surface area (Å²) in [6.07, 6.45) is 0. The van der Waals surface area contributed by atoms with E-state index in [-0.39, 0.29) is 24.7 Å². The molecule has 0 aromatic heterocycles. The zero-order chi connectivity index (χ0) is 13.1. The fourth-order valence-electron chi connectivity index (χ4n) is 1.78. The Hall–Kier alpha value is -2.04. The Kier molecular flexibility index (Phi) is 3.50. The summed E-state index contributed by atoms with van der Waals surface area (Å²) < 4.78 is 0. The highest BCUT2D eigenvalue weighted by Gasteiger charge is 2.06. The van der Waals surface area contributed by atoms with Crippen molar-refractivity contribution in [2.24, 2.45) is 0 Å². The number of rotatable bonds is 3. The van der Waals surface area contributed by atoms with Gasteiger partial charge >= 0.3 is 0 Å². The molecule has 0 aliphatic rings. The van der Waals surface area contributed by atoms with Crippen molar-refractivity contribution >= 4 is 0 Å². The van der Waals surface area contributed by atoms with Crippen LogP contribution in [-0.4, -0.2) is 20.4 Å². The van der Waals surface area contributed by atoms with E-state index in [9.17, 15) is 10.2 Å². The molecular formula is C14H14O4. The molecule has 0 saturated heterocycles. The monoisotopic (exact) mass is 246 g/mol. The summed E-state index contributed by atoms with van der Waals surface area (Å²) in [4.78, 5) is 0. The van der Waals surface area contributed by atoms with Gasteiger partial charge in [-0.1, -0.05) is 12.1 Å². The molecule has 0 aliphatic carbocycles. The number of hydrogen-bond acceptors (Lipinski definition) is 4. The molecule has 0 amide bonds. The maximum absolute atomic E-state index is 9.49. The quantitative estimate of drug-likeness (QED) is 0.665. The number of hydrogen-bond donors (Lipinski definition) is 4. The third kappa shape index (κ3) is 2.30. The largest absolute Gasteiger partial charge is 0.508 e. The molecule has 0 spiro atoms. The number of aromatic hydroxyl groups is 2. The Morgan fingerprint density at radius 3 is 1.39 bits per heavy atom. The van der Waals surface area contributed by atoms with Crippen LogP contribution in [0, 0.1) is 0 Å². The van der Waals surface area contributed by atoms with E-state index in [2.05, 4.69) is 0 Å². The minimum Gasteiger partial charge on any atom is -0.508 e. The molecule has 18 heavy (non-hydrogen) atoms. The van der Waals surface area contributed by atoms with Gasteiger partial charge in [0.25, 0.3) is 0 Å². The van der Waals surface area contributed by atoms with Crippen molar-refractivity contribution < 1.29 is 20.4 Å². The van der Waals surface area contributed by atoms with Gasteiger partial charge in [0.1, 0.15) is 11.5 Å². The second-order valence-corrected chi connectivity index (χ2v) is 4.00. The van der Waals surface area contributed by atoms with Crippen molar-refractivity contribution in [1.82, 2.24) is 0 Å². The van der Waals surface area contributed by atoms with Gasteiger partial charge in [-0.25, -0.2) is 0 Å². The molecule has 2 aromatic carbocycles. The van der Waals surface area contributed by atoms with Crippen molar-refractivity contribution in [2.45, 2.75) is 13.2 Å². The summed E-state index contributed by atoms with van der Waals surface area (Å²) in [5.41, 5.74) is 2.47. The van der Waals surface area contributed by atoms with E-state index in [1.165, 1.54) is 12.1 Å². The van der Waals surface area contributed by atoms with Crippen LogP contribution in [0.5, 0.6) is 11.5 Å². The summed E-state index contributed by atoms with van der Waals surface area (Å²) in [5, 5.41) is 37.2. The average Bonchev–Trinajstić information content (AvgIpc) is 2.40. The van der Waals surface area contributed by atoms with Gasteiger partial charge in [-0.2, -0.15) is 0 Å². The van der Waals surface area contributed by atoms with Gasteiger partial charge < -0.3 is 20.4 Å². The summed E-state index contributed by atoms with van der Waals surface area (Å²) >= 11 is 0. The number of aliphatic hydroxyl groups excluding tert-OH is 2. The third-order valence-corrected chi connectivity index (χ3v) is 2.83. The van der Waals surface area contributed by atoms with Crippen LogP contribution in [0.2, 0.25) is 0 Å². The first-order valence-corrected chi connectivity index (χ1v) is 5.51. The standard InChI is InChI=1S/C14H14O4/c15-7-11-5-9(1-3-13(11)17)10-2-4-14(18)12(6-10)8-16/h1-6,15-18H,7-8H2. The van der Waals surface area contributed by atoms with Crippen LogP contribution in [-0.2, 0) is 13.2 Å². The summed E-state index contributed by atoms with van der Waals surface area (Å²) in [6.45, 7) is -0.491. The Bertz CT molecular complexity index is 512. The maximum Gasteiger partial charge on any atom is 0.121 e. The molecule has 2 aromatic rings. The van der Waals surface area contributed by atoms with Gasteiger partial charge in [0.15, 0.2) is 0 Å². The van der Waals surface area contributed by atoms with Crippen molar-refractivity contribution in [2.75, 3.05) is 0 Å². The van der Waals surface area contributed by atoms with Gasteiger partial charge in [0.2, 0.25) is 0 Å². The molecule has 0 atom stereocenters. The third-order valence-electron chi connectivity index (χ3n) is 2.83. The van der Waals surface area contributed by atoms with E-state index >= 15 is 0 Å². The molecule has 0 aliphatic heterocycles. The van der Waals surface area contributed by atoms with E-state index in [0.717, 1.165) is 11.1 Å². The Morgan fingerprint density at radius 2 is 1.06 bits per heavy atom. The lowest BCUT2D eigenvalue weighted by Crippen LogP contribution is -1.89. The van der Waals surface area contributed by atoms with Crippen LogP contribution >= 0.6 is 0 Å². The topological polar surface area (TPSA) is 80.9 Å². The van der Waals surface area contributed by atoms with E-state index in [4.69, 9.17) is 10.2 Å². The van der Waals surface area contributed by atoms with Crippen LogP contribution in [0.25, 0.3) is 11.1 Å². The highest BCUT2D eigenvalue weighted by atomic mass is 16.3. The minimum atomic E-state index is -0.245. The number of benzene rings is 2. The van der Waals surface area contributed by atoms with Crippen LogP contribution in [0.15, 0.2) is 36.4 Å². The summed E-state index contributed by atoms with van der Waals surface area (Å²) in [6, 6.07) is 9.77. The zero-order valence-electron chi connectivity index (χ0n) is 9.67. The first-order chi connectivity index (χ1) is 8.65. The molecular weight excluding hydrogens is 232 g/mol. The second-order valence-electron chi connectivity index (χ2n) is 4.00. The smallest absolute Gasteiger partial charge is 0.121 e. The normalized spacial score (nSPS) is 10.6. The molecule has 94 valence electrons. The summed E-state index contributed by atoms with van der Waals surface area (Å²) in [7, 11) is 0. The zero-order valence-corrected chi connectivity index (χ0v) is 9.67. The van der Waals surface area contributed by atoms with Crippen LogP contribution < -0.4 is 0 Å². The SMILES string of the molecule is OCc1cc(-c2ccc(O)c(CO)c2)ccc1O. The Labute approximate surface area is 104 Å². The van der Waals surface area contributed by atoms with Crippen molar-refractivity contribution in [3.63, 3.8) is 0 Å². The predicted molar refractivity (Wildman–Crippen MR) is 67.1 cm³/mol. The lowest BCUT2D eigenvalue weighted by atomic mass is 10.0. The molecule has 0 unspecified atom stereocenters. The van der Waals surface area contributed by atoms with Gasteiger partial charge in [0, 0.05) is 11.1 Å². The van der Waals surface area contributed by atoms with Gasteiger partial charge in [-0.3, -0.25) is 0 Å². The van der Waals surface area contributed by atoms with E-state index in [1.807, 2.05) is 0 Å². The minimum absolute atomic E-state index is 0.0439. The van der Waals surface area contributed by atoms with Crippen LogP contribution in [0.3, 0.4) is 0 Å². The molecule has 2 rings (SSSR count).